The standard InChI is InChI=1S/C35H31N7O2/c1-22(23-10-12-25(13-11-23)35(43)44-2)41-20-26(21-41)29-15-14-27(19-38-29)42-33(28-9-6-18-37-32(28)36)40-31-17-16-30(39-34(31)42)24-7-4-3-5-8-24/h3-19,22,26H,20-21H2,1-2H3,(H2,36,37). The van der Waals surface area contributed by atoms with E-state index in [1.165, 1.54) is 7.11 Å². The number of hydrogen-bond donors (Lipinski definition) is 1. The van der Waals surface area contributed by atoms with Gasteiger partial charge in [0.05, 0.1) is 35.8 Å². The Morgan fingerprint density at radius 2 is 1.70 bits per heavy atom. The highest BCUT2D eigenvalue weighted by Crippen LogP contribution is 2.35. The van der Waals surface area contributed by atoms with E-state index >= 15 is 0 Å². The number of imidazole rings is 1. The summed E-state index contributed by atoms with van der Waals surface area (Å²) in [5.74, 6) is 1.08. The van der Waals surface area contributed by atoms with Gasteiger partial charge in [-0.15, -0.1) is 0 Å². The van der Waals surface area contributed by atoms with E-state index in [1.807, 2.05) is 89.6 Å². The second-order valence-corrected chi connectivity index (χ2v) is 11.0. The van der Waals surface area contributed by atoms with Crippen molar-refractivity contribution in [1.82, 2.24) is 29.4 Å². The van der Waals surface area contributed by atoms with E-state index in [0.29, 0.717) is 23.1 Å². The van der Waals surface area contributed by atoms with Crippen LogP contribution in [0.1, 0.15) is 40.5 Å². The first kappa shape index (κ1) is 27.4. The van der Waals surface area contributed by atoms with Gasteiger partial charge in [0.15, 0.2) is 11.5 Å². The third-order valence-corrected chi connectivity index (χ3v) is 8.37. The maximum atomic E-state index is 11.8. The Morgan fingerprint density at radius 3 is 2.41 bits per heavy atom. The van der Waals surface area contributed by atoms with Gasteiger partial charge >= 0.3 is 5.97 Å². The van der Waals surface area contributed by atoms with Crippen LogP contribution in [0.3, 0.4) is 0 Å². The smallest absolute Gasteiger partial charge is 0.337 e. The first-order valence-electron chi connectivity index (χ1n) is 14.5. The van der Waals surface area contributed by atoms with Crippen molar-refractivity contribution in [2.24, 2.45) is 0 Å². The fourth-order valence-electron chi connectivity index (χ4n) is 5.77. The third kappa shape index (κ3) is 4.97. The quantitative estimate of drug-likeness (QED) is 0.226. The molecule has 7 rings (SSSR count). The van der Waals surface area contributed by atoms with Gasteiger partial charge in [-0.3, -0.25) is 14.5 Å². The molecule has 0 saturated carbocycles. The summed E-state index contributed by atoms with van der Waals surface area (Å²) >= 11 is 0. The van der Waals surface area contributed by atoms with E-state index in [9.17, 15) is 4.79 Å². The fraction of sp³-hybridized carbons (Fsp3) is 0.171. The van der Waals surface area contributed by atoms with Crippen LogP contribution >= 0.6 is 0 Å². The highest BCUT2D eigenvalue weighted by Gasteiger charge is 2.33. The number of pyridine rings is 3. The van der Waals surface area contributed by atoms with Crippen molar-refractivity contribution in [2.45, 2.75) is 18.9 Å². The van der Waals surface area contributed by atoms with Gasteiger partial charge in [-0.25, -0.2) is 19.7 Å². The zero-order valence-corrected chi connectivity index (χ0v) is 24.5. The van der Waals surface area contributed by atoms with Crippen LogP contribution in [-0.2, 0) is 4.74 Å². The molecular weight excluding hydrogens is 550 g/mol. The average molecular weight is 582 g/mol. The summed E-state index contributed by atoms with van der Waals surface area (Å²) < 4.78 is 6.83. The summed E-state index contributed by atoms with van der Waals surface area (Å²) in [6, 6.07) is 29.9. The number of nitrogens with zero attached hydrogens (tertiary/aromatic N) is 6. The van der Waals surface area contributed by atoms with Crippen molar-refractivity contribution in [1.29, 1.82) is 0 Å². The molecule has 9 nitrogen and oxygen atoms in total. The molecule has 0 bridgehead atoms. The van der Waals surface area contributed by atoms with Crippen LogP contribution in [0.2, 0.25) is 0 Å². The minimum Gasteiger partial charge on any atom is -0.465 e. The van der Waals surface area contributed by atoms with Gasteiger partial charge in [0.1, 0.15) is 11.3 Å². The number of hydrogen-bond acceptors (Lipinski definition) is 8. The molecule has 1 atom stereocenters. The molecule has 1 fully saturated rings. The van der Waals surface area contributed by atoms with Crippen LogP contribution < -0.4 is 5.73 Å². The lowest BCUT2D eigenvalue weighted by atomic mass is 9.92. The van der Waals surface area contributed by atoms with Crippen LogP contribution in [0, 0.1) is 0 Å². The van der Waals surface area contributed by atoms with Gasteiger partial charge in [-0.1, -0.05) is 42.5 Å². The fourth-order valence-corrected chi connectivity index (χ4v) is 5.77. The molecule has 0 amide bonds. The van der Waals surface area contributed by atoms with Crippen molar-refractivity contribution in [3.63, 3.8) is 0 Å². The minimum absolute atomic E-state index is 0.229. The van der Waals surface area contributed by atoms with E-state index < -0.39 is 0 Å². The molecule has 44 heavy (non-hydrogen) atoms. The summed E-state index contributed by atoms with van der Waals surface area (Å²) in [6.45, 7) is 3.99. The number of ether oxygens (including phenoxy) is 1. The zero-order chi connectivity index (χ0) is 30.2. The molecule has 2 N–H and O–H groups in total. The molecule has 1 unspecified atom stereocenters. The second-order valence-electron chi connectivity index (χ2n) is 11.0. The van der Waals surface area contributed by atoms with E-state index in [0.717, 1.165) is 58.0 Å². The molecule has 2 aromatic carbocycles. The molecule has 4 aromatic heterocycles. The Balaban J connectivity index is 1.17. The van der Waals surface area contributed by atoms with Crippen molar-refractivity contribution in [2.75, 3.05) is 25.9 Å². The monoisotopic (exact) mass is 581 g/mol. The number of nitrogens with two attached hydrogens (primary N) is 1. The maximum Gasteiger partial charge on any atom is 0.337 e. The number of benzene rings is 2. The number of likely N-dealkylation sites (tertiary alicyclic amines) is 1. The summed E-state index contributed by atoms with van der Waals surface area (Å²) in [5.41, 5.74) is 14.0. The van der Waals surface area contributed by atoms with Crippen LogP contribution in [0.4, 0.5) is 5.82 Å². The highest BCUT2D eigenvalue weighted by atomic mass is 16.5. The Kier molecular flexibility index (Phi) is 7.07. The highest BCUT2D eigenvalue weighted by molar-refractivity contribution is 5.89. The number of carbonyl (C=O) groups excluding carboxylic acids is 1. The topological polar surface area (TPSA) is 112 Å². The zero-order valence-electron chi connectivity index (χ0n) is 24.5. The second kappa shape index (κ2) is 11.3. The first-order chi connectivity index (χ1) is 21.5. The minimum atomic E-state index is -0.324. The Morgan fingerprint density at radius 1 is 0.909 bits per heavy atom. The third-order valence-electron chi connectivity index (χ3n) is 8.37. The number of aromatic nitrogens is 5. The van der Waals surface area contributed by atoms with Gasteiger partial charge in [0, 0.05) is 42.5 Å². The number of methoxy groups -OCH3 is 1. The van der Waals surface area contributed by atoms with Crippen LogP contribution in [-0.4, -0.2) is 55.6 Å². The number of nitrogen functional groups attached to an aromatic ring is 1. The van der Waals surface area contributed by atoms with Gasteiger partial charge in [0.2, 0.25) is 0 Å². The lowest BCUT2D eigenvalue weighted by Gasteiger charge is -2.43. The predicted octanol–water partition coefficient (Wildman–Crippen LogP) is 6.07. The van der Waals surface area contributed by atoms with Crippen LogP contribution in [0.25, 0.3) is 39.5 Å². The Hall–Kier alpha value is -5.41. The molecule has 9 heteroatoms. The van der Waals surface area contributed by atoms with E-state index in [1.54, 1.807) is 6.20 Å². The van der Waals surface area contributed by atoms with Crippen LogP contribution in [0.15, 0.2) is 103 Å². The molecule has 0 radical (unpaired) electrons. The maximum absolute atomic E-state index is 11.8. The van der Waals surface area contributed by atoms with Gasteiger partial charge < -0.3 is 10.5 Å². The van der Waals surface area contributed by atoms with E-state index in [-0.39, 0.29) is 12.0 Å². The van der Waals surface area contributed by atoms with Crippen molar-refractivity contribution < 1.29 is 9.53 Å². The largest absolute Gasteiger partial charge is 0.465 e. The summed E-state index contributed by atoms with van der Waals surface area (Å²) in [6.07, 6.45) is 3.56. The molecule has 0 aliphatic carbocycles. The van der Waals surface area contributed by atoms with Crippen molar-refractivity contribution in [3.8, 4) is 28.3 Å². The molecule has 1 aliphatic rings. The molecule has 1 aliphatic heterocycles. The van der Waals surface area contributed by atoms with Gasteiger partial charge in [0.25, 0.3) is 0 Å². The summed E-state index contributed by atoms with van der Waals surface area (Å²) in [4.78, 5) is 33.4. The average Bonchev–Trinajstić information content (AvgIpc) is 3.43. The molecule has 6 aromatic rings. The molecule has 0 spiro atoms. The predicted molar refractivity (Wildman–Crippen MR) is 170 cm³/mol. The van der Waals surface area contributed by atoms with Crippen LogP contribution in [0.5, 0.6) is 0 Å². The van der Waals surface area contributed by atoms with E-state index in [2.05, 4.69) is 28.9 Å². The number of rotatable bonds is 7. The summed E-state index contributed by atoms with van der Waals surface area (Å²) in [5, 5.41) is 0. The van der Waals surface area contributed by atoms with Gasteiger partial charge in [-0.2, -0.15) is 0 Å². The number of fused-ring (bicyclic) bond motifs is 1. The summed E-state index contributed by atoms with van der Waals surface area (Å²) in [7, 11) is 1.39. The number of esters is 1. The Bertz CT molecular complexity index is 1950. The number of carbonyl (C=O) groups is 1. The van der Waals surface area contributed by atoms with E-state index in [4.69, 9.17) is 25.4 Å². The van der Waals surface area contributed by atoms with Crippen molar-refractivity contribution in [3.05, 3.63) is 120 Å². The Labute approximate surface area is 255 Å². The normalized spacial score (nSPS) is 14.3. The lowest BCUT2D eigenvalue weighted by molar-refractivity contribution is 0.0600. The van der Waals surface area contributed by atoms with Crippen molar-refractivity contribution >= 4 is 23.0 Å². The lowest BCUT2D eigenvalue weighted by Crippen LogP contribution is -2.46. The first-order valence-corrected chi connectivity index (χ1v) is 14.5. The number of anilines is 1. The molecule has 218 valence electrons. The molecule has 5 heterocycles. The molecular formula is C35H31N7O2. The van der Waals surface area contributed by atoms with Gasteiger partial charge in [-0.05, 0) is 61.0 Å². The SMILES string of the molecule is COC(=O)c1ccc(C(C)N2CC(c3ccc(-n4c(-c5cccnc5N)nc5ccc(-c6ccccc6)nc54)cn3)C2)cc1. The molecule has 1 saturated heterocycles.